The molecule has 0 unspecified atom stereocenters. The van der Waals surface area contributed by atoms with Gasteiger partial charge in [-0.3, -0.25) is 10.1 Å². The van der Waals surface area contributed by atoms with E-state index in [1.54, 1.807) is 0 Å². The molecule has 0 atom stereocenters. The summed E-state index contributed by atoms with van der Waals surface area (Å²) in [6, 6.07) is 0. The molecule has 92 valence electrons. The first-order valence-electron chi connectivity index (χ1n) is 4.17. The van der Waals surface area contributed by atoms with E-state index in [0.29, 0.717) is 11.3 Å². The number of anilines is 1. The van der Waals surface area contributed by atoms with E-state index in [4.69, 9.17) is 5.73 Å². The molecule has 1 rings (SSSR count). The van der Waals surface area contributed by atoms with Gasteiger partial charge in [-0.2, -0.15) is 0 Å². The van der Waals surface area contributed by atoms with Crippen LogP contribution in [0, 0.1) is 10.1 Å². The first-order valence-corrected chi connectivity index (χ1v) is 4.99. The van der Waals surface area contributed by atoms with Crippen molar-refractivity contribution in [3.8, 4) is 0 Å². The summed E-state index contributed by atoms with van der Waals surface area (Å²) >= 11 is 0.471. The zero-order chi connectivity index (χ0) is 13.2. The molecule has 0 radical (unpaired) electrons. The molecule has 9 heteroatoms. The first-order chi connectivity index (χ1) is 7.93. The van der Waals surface area contributed by atoms with Crippen LogP contribution in [0.4, 0.5) is 10.7 Å². The third kappa shape index (κ3) is 2.18. The largest absolute Gasteiger partial charge is 0.465 e. The monoisotopic (exact) mass is 260 g/mol. The molecular formula is C8H8N2O6S. The molecule has 17 heavy (non-hydrogen) atoms. The van der Waals surface area contributed by atoms with Crippen LogP contribution in [0.1, 0.15) is 20.0 Å². The lowest BCUT2D eigenvalue weighted by Crippen LogP contribution is -2.10. The fraction of sp³-hybridized carbons (Fsp3) is 0.250. The van der Waals surface area contributed by atoms with E-state index in [2.05, 4.69) is 9.47 Å². The van der Waals surface area contributed by atoms with Crippen LogP contribution in [-0.4, -0.2) is 31.1 Å². The summed E-state index contributed by atoms with van der Waals surface area (Å²) in [4.78, 5) is 32.3. The number of ether oxygens (including phenoxy) is 2. The quantitative estimate of drug-likeness (QED) is 0.484. The van der Waals surface area contributed by atoms with Crippen molar-refractivity contribution in [3.05, 3.63) is 20.6 Å². The van der Waals surface area contributed by atoms with Gasteiger partial charge in [-0.05, 0) is 0 Å². The van der Waals surface area contributed by atoms with Crippen molar-refractivity contribution in [2.75, 3.05) is 20.0 Å². The van der Waals surface area contributed by atoms with Gasteiger partial charge < -0.3 is 15.2 Å². The van der Waals surface area contributed by atoms with Crippen molar-refractivity contribution in [2.24, 2.45) is 0 Å². The van der Waals surface area contributed by atoms with Gasteiger partial charge in [-0.1, -0.05) is 11.3 Å². The second-order valence-electron chi connectivity index (χ2n) is 2.77. The van der Waals surface area contributed by atoms with Crippen LogP contribution >= 0.6 is 11.3 Å². The maximum atomic E-state index is 11.4. The minimum atomic E-state index is -0.924. The number of esters is 2. The summed E-state index contributed by atoms with van der Waals surface area (Å²) in [5.41, 5.74) is 4.70. The number of hydrogen-bond donors (Lipinski definition) is 1. The van der Waals surface area contributed by atoms with Crippen LogP contribution in [0.25, 0.3) is 0 Å². The number of carbonyl (C=O) groups excluding carboxylic acids is 2. The molecule has 0 bridgehead atoms. The smallest absolute Gasteiger partial charge is 0.349 e. The maximum Gasteiger partial charge on any atom is 0.349 e. The average Bonchev–Trinajstić information content (AvgIpc) is 2.65. The third-order valence-electron chi connectivity index (χ3n) is 1.85. The minimum Gasteiger partial charge on any atom is -0.465 e. The Kier molecular flexibility index (Phi) is 3.63. The zero-order valence-electron chi connectivity index (χ0n) is 8.88. The van der Waals surface area contributed by atoms with Gasteiger partial charge in [-0.25, -0.2) is 9.59 Å². The number of nitrogen functional groups attached to an aromatic ring is 1. The molecule has 0 spiro atoms. The van der Waals surface area contributed by atoms with E-state index in [9.17, 15) is 19.7 Å². The summed E-state index contributed by atoms with van der Waals surface area (Å²) in [5, 5.41) is 10.1. The van der Waals surface area contributed by atoms with Gasteiger partial charge >= 0.3 is 16.9 Å². The lowest BCUT2D eigenvalue weighted by molar-refractivity contribution is -0.379. The van der Waals surface area contributed by atoms with Gasteiger partial charge in [0.2, 0.25) is 0 Å². The Balaban J connectivity index is 3.47. The van der Waals surface area contributed by atoms with Crippen molar-refractivity contribution < 1.29 is 24.0 Å². The number of nitrogens with zero attached hydrogens (tertiary/aromatic N) is 1. The second-order valence-corrected chi connectivity index (χ2v) is 3.76. The van der Waals surface area contributed by atoms with Crippen LogP contribution in [0.5, 0.6) is 0 Å². The molecular weight excluding hydrogens is 252 g/mol. The molecule has 0 aliphatic heterocycles. The number of rotatable bonds is 3. The number of thiophene rings is 1. The summed E-state index contributed by atoms with van der Waals surface area (Å²) in [5.74, 6) is -1.80. The van der Waals surface area contributed by atoms with Gasteiger partial charge in [0.25, 0.3) is 0 Å². The fourth-order valence-electron chi connectivity index (χ4n) is 1.11. The molecule has 8 nitrogen and oxygen atoms in total. The number of nitrogens with two attached hydrogens (primary N) is 1. The predicted molar refractivity (Wildman–Crippen MR) is 58.1 cm³/mol. The van der Waals surface area contributed by atoms with Gasteiger partial charge in [0.05, 0.1) is 19.1 Å². The Labute approximate surface area is 99.1 Å². The number of hydrogen-bond acceptors (Lipinski definition) is 8. The molecule has 1 aromatic rings. The van der Waals surface area contributed by atoms with E-state index < -0.39 is 27.6 Å². The Morgan fingerprint density at radius 3 is 2.24 bits per heavy atom. The van der Waals surface area contributed by atoms with Gasteiger partial charge in [0.15, 0.2) is 0 Å². The van der Waals surface area contributed by atoms with Crippen LogP contribution < -0.4 is 5.73 Å². The standard InChI is InChI=1S/C8H8N2O6S/c1-15-7(11)3-4(9)6(10(13)14)17-5(3)8(12)16-2/h9H2,1-2H3. The first kappa shape index (κ1) is 12.9. The van der Waals surface area contributed by atoms with E-state index in [1.165, 1.54) is 0 Å². The molecule has 1 heterocycles. The van der Waals surface area contributed by atoms with E-state index in [-0.39, 0.29) is 10.4 Å². The van der Waals surface area contributed by atoms with Crippen molar-refractivity contribution in [2.45, 2.75) is 0 Å². The molecule has 2 N–H and O–H groups in total. The SMILES string of the molecule is COC(=O)c1sc([N+](=O)[O-])c(N)c1C(=O)OC. The predicted octanol–water partition coefficient (Wildman–Crippen LogP) is 0.812. The molecule has 0 saturated carbocycles. The molecule has 1 aromatic heterocycles. The summed E-state index contributed by atoms with van der Waals surface area (Å²) in [6.45, 7) is 0. The number of methoxy groups -OCH3 is 2. The average molecular weight is 260 g/mol. The highest BCUT2D eigenvalue weighted by Crippen LogP contribution is 2.38. The molecule has 0 saturated heterocycles. The van der Waals surface area contributed by atoms with Crippen LogP contribution in [0.2, 0.25) is 0 Å². The van der Waals surface area contributed by atoms with Crippen LogP contribution in [0.3, 0.4) is 0 Å². The molecule has 0 aromatic carbocycles. The number of carbonyl (C=O) groups is 2. The maximum absolute atomic E-state index is 11.4. The Hall–Kier alpha value is -2.16. The molecule has 0 amide bonds. The van der Waals surface area contributed by atoms with E-state index in [1.807, 2.05) is 0 Å². The summed E-state index contributed by atoms with van der Waals surface area (Å²) in [6.07, 6.45) is 0. The van der Waals surface area contributed by atoms with Gasteiger partial charge in [-0.15, -0.1) is 0 Å². The molecule has 0 aliphatic carbocycles. The lowest BCUT2D eigenvalue weighted by atomic mass is 10.2. The Bertz CT molecular complexity index is 494. The van der Waals surface area contributed by atoms with Gasteiger partial charge in [0.1, 0.15) is 16.1 Å². The van der Waals surface area contributed by atoms with Crippen LogP contribution in [-0.2, 0) is 9.47 Å². The minimum absolute atomic E-state index is 0.247. The highest BCUT2D eigenvalue weighted by molar-refractivity contribution is 7.18. The molecule has 0 fully saturated rings. The second kappa shape index (κ2) is 4.78. The topological polar surface area (TPSA) is 122 Å². The van der Waals surface area contributed by atoms with Crippen molar-refractivity contribution >= 4 is 34.0 Å². The highest BCUT2D eigenvalue weighted by Gasteiger charge is 2.32. The van der Waals surface area contributed by atoms with Crippen molar-refractivity contribution in [1.29, 1.82) is 0 Å². The van der Waals surface area contributed by atoms with Crippen molar-refractivity contribution in [1.82, 2.24) is 0 Å². The van der Waals surface area contributed by atoms with Crippen LogP contribution in [0.15, 0.2) is 0 Å². The molecule has 0 aliphatic rings. The zero-order valence-corrected chi connectivity index (χ0v) is 9.70. The summed E-state index contributed by atoms with van der Waals surface area (Å²) < 4.78 is 8.81. The Morgan fingerprint density at radius 1 is 1.29 bits per heavy atom. The van der Waals surface area contributed by atoms with E-state index in [0.717, 1.165) is 14.2 Å². The lowest BCUT2D eigenvalue weighted by Gasteiger charge is -2.00. The number of nitro groups is 1. The van der Waals surface area contributed by atoms with Gasteiger partial charge in [0, 0.05) is 0 Å². The van der Waals surface area contributed by atoms with Crippen molar-refractivity contribution in [3.63, 3.8) is 0 Å². The highest BCUT2D eigenvalue weighted by atomic mass is 32.1. The normalized spacial score (nSPS) is 9.76. The van der Waals surface area contributed by atoms with E-state index >= 15 is 0 Å². The summed E-state index contributed by atoms with van der Waals surface area (Å²) in [7, 11) is 2.16. The third-order valence-corrected chi connectivity index (χ3v) is 2.99. The fourth-order valence-corrected chi connectivity index (χ4v) is 2.05. The Morgan fingerprint density at radius 2 is 1.82 bits per heavy atom.